The Morgan fingerprint density at radius 3 is 3.00 bits per heavy atom. The van der Waals surface area contributed by atoms with Crippen molar-refractivity contribution in [3.8, 4) is 11.4 Å². The molecule has 124 valence electrons. The average molecular weight is 340 g/mol. The number of aromatic nitrogens is 3. The van der Waals surface area contributed by atoms with Crippen LogP contribution in [-0.2, 0) is 12.8 Å². The molecule has 0 bridgehead atoms. The molecule has 2 N–H and O–H groups in total. The molecule has 0 saturated carbocycles. The number of aliphatic hydroxyl groups is 1. The molecule has 0 saturated heterocycles. The summed E-state index contributed by atoms with van der Waals surface area (Å²) >= 11 is 1.78. The highest BCUT2D eigenvalue weighted by atomic mass is 32.1. The van der Waals surface area contributed by atoms with Crippen LogP contribution in [0.1, 0.15) is 30.2 Å². The van der Waals surface area contributed by atoms with E-state index < -0.39 is 0 Å². The molecule has 3 heterocycles. The Bertz CT molecular complexity index is 858. The molecule has 0 aromatic carbocycles. The number of rotatable bonds is 5. The molecule has 3 aromatic heterocycles. The largest absolute Gasteiger partial charge is 0.394 e. The fraction of sp³-hybridized carbons (Fsp3) is 0.389. The molecule has 0 unspecified atom stereocenters. The zero-order valence-corrected chi connectivity index (χ0v) is 14.4. The maximum absolute atomic E-state index is 9.58. The molecule has 6 heteroatoms. The minimum absolute atomic E-state index is 0.00167. The van der Waals surface area contributed by atoms with Crippen molar-refractivity contribution in [3.05, 3.63) is 35.0 Å². The van der Waals surface area contributed by atoms with Crippen molar-refractivity contribution >= 4 is 27.4 Å². The quantitative estimate of drug-likeness (QED) is 0.745. The van der Waals surface area contributed by atoms with Gasteiger partial charge in [0.05, 0.1) is 18.0 Å². The number of fused-ring (bicyclic) bond motifs is 3. The predicted molar refractivity (Wildman–Crippen MR) is 97.5 cm³/mol. The molecule has 1 atom stereocenters. The van der Waals surface area contributed by atoms with Crippen molar-refractivity contribution in [3.63, 3.8) is 0 Å². The topological polar surface area (TPSA) is 70.9 Å². The molecule has 1 aliphatic carbocycles. The molecular formula is C18H20N4OS. The highest BCUT2D eigenvalue weighted by Gasteiger charge is 2.23. The molecule has 0 spiro atoms. The fourth-order valence-corrected chi connectivity index (χ4v) is 4.46. The van der Waals surface area contributed by atoms with Crippen molar-refractivity contribution in [1.29, 1.82) is 0 Å². The Hall–Kier alpha value is -2.05. The number of hydrogen-bond acceptors (Lipinski definition) is 6. The average Bonchev–Trinajstić information content (AvgIpc) is 3.20. The van der Waals surface area contributed by atoms with Crippen molar-refractivity contribution in [2.75, 3.05) is 11.9 Å². The number of nitrogens with one attached hydrogen (secondary N) is 1. The van der Waals surface area contributed by atoms with E-state index in [1.165, 1.54) is 16.9 Å². The minimum Gasteiger partial charge on any atom is -0.394 e. The third-order valence-electron chi connectivity index (χ3n) is 4.54. The summed E-state index contributed by atoms with van der Waals surface area (Å²) in [6.45, 7) is 2.16. The Morgan fingerprint density at radius 2 is 2.25 bits per heavy atom. The van der Waals surface area contributed by atoms with Crippen LogP contribution in [0.3, 0.4) is 0 Å². The molecule has 3 aromatic rings. The highest BCUT2D eigenvalue weighted by Crippen LogP contribution is 2.40. The lowest BCUT2D eigenvalue weighted by Gasteiger charge is -2.16. The lowest BCUT2D eigenvalue weighted by atomic mass is 10.1. The zero-order valence-electron chi connectivity index (χ0n) is 13.6. The number of hydrogen-bond donors (Lipinski definition) is 2. The zero-order chi connectivity index (χ0) is 16.5. The summed E-state index contributed by atoms with van der Waals surface area (Å²) in [5.74, 6) is 1.53. The first-order valence-electron chi connectivity index (χ1n) is 8.40. The molecule has 0 amide bonds. The van der Waals surface area contributed by atoms with Gasteiger partial charge in [-0.15, -0.1) is 11.3 Å². The first kappa shape index (κ1) is 15.5. The SMILES string of the molecule is CC[C@@H](CO)Nc1nc(-c2cccnc2)nc2sc3c(c12)CCC3. The van der Waals surface area contributed by atoms with Crippen LogP contribution < -0.4 is 5.32 Å². The first-order chi connectivity index (χ1) is 11.8. The van der Waals surface area contributed by atoms with E-state index in [4.69, 9.17) is 9.97 Å². The summed E-state index contributed by atoms with van der Waals surface area (Å²) in [6.07, 6.45) is 7.81. The Kier molecular flexibility index (Phi) is 4.16. The normalized spacial score (nSPS) is 14.8. The van der Waals surface area contributed by atoms with Gasteiger partial charge >= 0.3 is 0 Å². The van der Waals surface area contributed by atoms with Crippen LogP contribution in [-0.4, -0.2) is 32.7 Å². The summed E-state index contributed by atoms with van der Waals surface area (Å²) in [7, 11) is 0. The Labute approximate surface area is 144 Å². The molecule has 5 nitrogen and oxygen atoms in total. The van der Waals surface area contributed by atoms with Gasteiger partial charge in [-0.05, 0) is 43.4 Å². The van der Waals surface area contributed by atoms with Crippen LogP contribution in [0.4, 0.5) is 5.82 Å². The van der Waals surface area contributed by atoms with Crippen LogP contribution >= 0.6 is 11.3 Å². The van der Waals surface area contributed by atoms with Gasteiger partial charge in [-0.2, -0.15) is 0 Å². The van der Waals surface area contributed by atoms with Gasteiger partial charge in [-0.1, -0.05) is 6.92 Å². The minimum atomic E-state index is 0.00167. The van der Waals surface area contributed by atoms with Crippen LogP contribution in [0.25, 0.3) is 21.6 Å². The second-order valence-electron chi connectivity index (χ2n) is 6.11. The van der Waals surface area contributed by atoms with Crippen molar-refractivity contribution in [2.24, 2.45) is 0 Å². The number of nitrogens with zero attached hydrogens (tertiary/aromatic N) is 3. The van der Waals surface area contributed by atoms with Crippen LogP contribution in [0, 0.1) is 0 Å². The van der Waals surface area contributed by atoms with Gasteiger partial charge in [0.2, 0.25) is 0 Å². The second-order valence-corrected chi connectivity index (χ2v) is 7.19. The third kappa shape index (κ3) is 2.65. The maximum Gasteiger partial charge on any atom is 0.164 e. The van der Waals surface area contributed by atoms with Crippen LogP contribution in [0.15, 0.2) is 24.5 Å². The summed E-state index contributed by atoms with van der Waals surface area (Å²) in [6, 6.07) is 3.87. The lowest BCUT2D eigenvalue weighted by Crippen LogP contribution is -2.23. The summed E-state index contributed by atoms with van der Waals surface area (Å²) in [4.78, 5) is 16.2. The van der Waals surface area contributed by atoms with Crippen LogP contribution in [0.5, 0.6) is 0 Å². The van der Waals surface area contributed by atoms with Gasteiger partial charge < -0.3 is 10.4 Å². The van der Waals surface area contributed by atoms with E-state index in [9.17, 15) is 5.11 Å². The Morgan fingerprint density at radius 1 is 1.33 bits per heavy atom. The number of aliphatic hydroxyl groups excluding tert-OH is 1. The summed E-state index contributed by atoms with van der Waals surface area (Å²) in [5, 5.41) is 14.2. The van der Waals surface area contributed by atoms with Gasteiger partial charge in [-0.25, -0.2) is 9.97 Å². The maximum atomic E-state index is 9.58. The number of anilines is 1. The Balaban J connectivity index is 1.88. The number of pyridine rings is 1. The first-order valence-corrected chi connectivity index (χ1v) is 9.22. The highest BCUT2D eigenvalue weighted by molar-refractivity contribution is 7.19. The molecule has 1 aliphatic rings. The number of aryl methyl sites for hydroxylation is 2. The third-order valence-corrected chi connectivity index (χ3v) is 5.72. The fourth-order valence-electron chi connectivity index (χ4n) is 3.19. The van der Waals surface area contributed by atoms with Crippen molar-refractivity contribution < 1.29 is 5.11 Å². The van der Waals surface area contributed by atoms with Gasteiger partial charge in [-0.3, -0.25) is 4.98 Å². The van der Waals surface area contributed by atoms with E-state index in [0.717, 1.165) is 40.9 Å². The van der Waals surface area contributed by atoms with E-state index in [2.05, 4.69) is 17.2 Å². The van der Waals surface area contributed by atoms with E-state index in [0.29, 0.717) is 5.82 Å². The summed E-state index contributed by atoms with van der Waals surface area (Å²) < 4.78 is 0. The van der Waals surface area contributed by atoms with Gasteiger partial charge in [0.25, 0.3) is 0 Å². The van der Waals surface area contributed by atoms with Crippen molar-refractivity contribution in [2.45, 2.75) is 38.6 Å². The van der Waals surface area contributed by atoms with Crippen LogP contribution in [0.2, 0.25) is 0 Å². The van der Waals surface area contributed by atoms with E-state index in [1.807, 2.05) is 12.1 Å². The molecule has 24 heavy (non-hydrogen) atoms. The smallest absolute Gasteiger partial charge is 0.164 e. The van der Waals surface area contributed by atoms with E-state index in [1.54, 1.807) is 23.7 Å². The molecule has 0 fully saturated rings. The molecule has 0 radical (unpaired) electrons. The molecule has 0 aliphatic heterocycles. The number of thiophene rings is 1. The monoisotopic (exact) mass is 340 g/mol. The van der Waals surface area contributed by atoms with Gasteiger partial charge in [0, 0.05) is 22.8 Å². The van der Waals surface area contributed by atoms with Gasteiger partial charge in [0.1, 0.15) is 10.6 Å². The van der Waals surface area contributed by atoms with Crippen molar-refractivity contribution in [1.82, 2.24) is 15.0 Å². The predicted octanol–water partition coefficient (Wildman–Crippen LogP) is 3.42. The van der Waals surface area contributed by atoms with E-state index >= 15 is 0 Å². The lowest BCUT2D eigenvalue weighted by molar-refractivity contribution is 0.271. The summed E-state index contributed by atoms with van der Waals surface area (Å²) in [5.41, 5.74) is 2.30. The second kappa shape index (κ2) is 6.45. The molecule has 4 rings (SSSR count). The standard InChI is InChI=1S/C18H20N4OS/c1-2-12(10-23)20-17-15-13-6-3-7-14(13)24-18(15)22-16(21-17)11-5-4-8-19-9-11/h4-5,8-9,12,23H,2-3,6-7,10H2,1H3,(H,20,21,22)/t12-/m0/s1. The molecular weight excluding hydrogens is 320 g/mol. The van der Waals surface area contributed by atoms with E-state index in [-0.39, 0.29) is 12.6 Å². The van der Waals surface area contributed by atoms with Gasteiger partial charge in [0.15, 0.2) is 5.82 Å².